The van der Waals surface area contributed by atoms with E-state index in [1.54, 1.807) is 23.9 Å². The summed E-state index contributed by atoms with van der Waals surface area (Å²) in [5, 5.41) is 0. The van der Waals surface area contributed by atoms with E-state index in [-0.39, 0.29) is 5.56 Å². The fourth-order valence-corrected chi connectivity index (χ4v) is 4.92. The molecule has 0 spiro atoms. The number of hydrogen-bond acceptors (Lipinski definition) is 3. The first-order valence-corrected chi connectivity index (χ1v) is 11.0. The number of anilines is 1. The summed E-state index contributed by atoms with van der Waals surface area (Å²) in [6.45, 7) is 7.05. The van der Waals surface area contributed by atoms with Gasteiger partial charge in [0, 0.05) is 28.3 Å². The summed E-state index contributed by atoms with van der Waals surface area (Å²) in [5.74, 6) is -2.83. The molecule has 0 atom stereocenters. The average molecular weight is 405 g/mol. The second-order valence-corrected chi connectivity index (χ2v) is 8.45. The maximum Gasteiger partial charge on any atom is 0.270 e. The van der Waals surface area contributed by atoms with Crippen molar-refractivity contribution in [3.05, 3.63) is 58.7 Å². The molecule has 1 saturated heterocycles. The quantitative estimate of drug-likeness (QED) is 0.551. The molecule has 0 radical (unpaired) electrons. The lowest BCUT2D eigenvalue weighted by Crippen LogP contribution is -2.44. The van der Waals surface area contributed by atoms with Crippen LogP contribution in [0.3, 0.4) is 0 Å². The molecule has 1 aromatic rings. The highest BCUT2D eigenvalue weighted by molar-refractivity contribution is 8.03. The summed E-state index contributed by atoms with van der Waals surface area (Å²) in [6.07, 6.45) is 11.7. The fraction of sp³-hybridized carbons (Fsp3) is 0.478. The van der Waals surface area contributed by atoms with Gasteiger partial charge in [0.25, 0.3) is 5.92 Å². The molecule has 0 N–H and O–H groups in total. The number of likely N-dealkylation sites (tertiary alicyclic amines) is 1. The van der Waals surface area contributed by atoms with E-state index in [9.17, 15) is 8.78 Å². The Balaban J connectivity index is 0.00000109. The summed E-state index contributed by atoms with van der Waals surface area (Å²) >= 11 is 1.69. The highest BCUT2D eigenvalue weighted by Crippen LogP contribution is 2.48. The van der Waals surface area contributed by atoms with Crippen LogP contribution in [-0.2, 0) is 5.92 Å². The minimum Gasteiger partial charge on any atom is -0.336 e. The molecule has 0 saturated carbocycles. The number of halogens is 2. The first-order valence-electron chi connectivity index (χ1n) is 10.2. The normalized spacial score (nSPS) is 20.3. The third-order valence-corrected chi connectivity index (χ3v) is 6.46. The maximum absolute atomic E-state index is 14.0. The van der Waals surface area contributed by atoms with Gasteiger partial charge in [0.05, 0.1) is 11.4 Å². The zero-order valence-electron chi connectivity index (χ0n) is 17.2. The van der Waals surface area contributed by atoms with Gasteiger partial charge in [-0.1, -0.05) is 43.8 Å². The predicted octanol–water partition coefficient (Wildman–Crippen LogP) is 6.56. The molecule has 152 valence electrons. The van der Waals surface area contributed by atoms with E-state index in [2.05, 4.69) is 41.2 Å². The van der Waals surface area contributed by atoms with Gasteiger partial charge in [0.1, 0.15) is 0 Å². The Labute approximate surface area is 172 Å². The maximum atomic E-state index is 14.0. The van der Waals surface area contributed by atoms with Crippen LogP contribution in [0.4, 0.5) is 14.5 Å². The van der Waals surface area contributed by atoms with E-state index in [1.807, 2.05) is 19.9 Å². The Morgan fingerprint density at radius 1 is 1.07 bits per heavy atom. The van der Waals surface area contributed by atoms with Crippen LogP contribution in [0, 0.1) is 0 Å². The second kappa shape index (κ2) is 8.83. The molecule has 28 heavy (non-hydrogen) atoms. The minimum atomic E-state index is -2.83. The molecule has 0 aromatic heterocycles. The van der Waals surface area contributed by atoms with Crippen LogP contribution in [0.25, 0.3) is 0 Å². The lowest BCUT2D eigenvalue weighted by atomic mass is 10.00. The zero-order valence-corrected chi connectivity index (χ0v) is 18.0. The van der Waals surface area contributed by atoms with Crippen molar-refractivity contribution in [3.8, 4) is 0 Å². The third kappa shape index (κ3) is 4.36. The number of thioether (sulfide) groups is 1. The number of rotatable bonds is 2. The van der Waals surface area contributed by atoms with Crippen molar-refractivity contribution in [2.75, 3.05) is 25.0 Å². The van der Waals surface area contributed by atoms with Crippen molar-refractivity contribution in [2.45, 2.75) is 56.9 Å². The van der Waals surface area contributed by atoms with E-state index in [4.69, 9.17) is 0 Å². The molecule has 2 nitrogen and oxygen atoms in total. The summed E-state index contributed by atoms with van der Waals surface area (Å²) in [7, 11) is 2.14. The molecule has 5 heteroatoms. The van der Waals surface area contributed by atoms with Crippen LogP contribution < -0.4 is 4.90 Å². The summed E-state index contributed by atoms with van der Waals surface area (Å²) < 4.78 is 27.9. The lowest BCUT2D eigenvalue weighted by Gasteiger charge is -2.42. The van der Waals surface area contributed by atoms with Crippen LogP contribution in [0.5, 0.6) is 0 Å². The van der Waals surface area contributed by atoms with Crippen LogP contribution in [0.1, 0.15) is 45.6 Å². The topological polar surface area (TPSA) is 6.48 Å². The molecule has 1 aromatic carbocycles. The number of allylic oxidation sites excluding steroid dienone is 4. The van der Waals surface area contributed by atoms with Gasteiger partial charge in [-0.05, 0) is 63.7 Å². The van der Waals surface area contributed by atoms with Crippen molar-refractivity contribution >= 4 is 17.4 Å². The molecule has 1 fully saturated rings. The molecule has 4 rings (SSSR count). The molecule has 2 heterocycles. The van der Waals surface area contributed by atoms with Gasteiger partial charge in [0.2, 0.25) is 0 Å². The number of fused-ring (bicyclic) bond motifs is 1. The highest BCUT2D eigenvalue weighted by atomic mass is 32.2. The third-order valence-electron chi connectivity index (χ3n) is 5.33. The summed E-state index contributed by atoms with van der Waals surface area (Å²) in [4.78, 5) is 6.94. The fourth-order valence-electron chi connectivity index (χ4n) is 3.85. The van der Waals surface area contributed by atoms with Crippen molar-refractivity contribution in [1.82, 2.24) is 4.90 Å². The Morgan fingerprint density at radius 2 is 1.75 bits per heavy atom. The number of hydrogen-bond donors (Lipinski definition) is 0. The van der Waals surface area contributed by atoms with Crippen LogP contribution in [0.15, 0.2) is 58.0 Å². The number of benzene rings is 1. The zero-order chi connectivity index (χ0) is 20.3. The second-order valence-electron chi connectivity index (χ2n) is 7.37. The Hall–Kier alpha value is -1.59. The van der Waals surface area contributed by atoms with Crippen molar-refractivity contribution in [1.29, 1.82) is 0 Å². The van der Waals surface area contributed by atoms with E-state index >= 15 is 0 Å². The molecular formula is C23H30F2N2S. The molecule has 2 aliphatic heterocycles. The van der Waals surface area contributed by atoms with Gasteiger partial charge in [-0.15, -0.1) is 0 Å². The molecule has 1 aliphatic carbocycles. The Morgan fingerprint density at radius 3 is 2.43 bits per heavy atom. The number of nitrogens with zero attached hydrogens (tertiary/aromatic N) is 2. The predicted molar refractivity (Wildman–Crippen MR) is 116 cm³/mol. The number of piperidine rings is 1. The molecule has 0 bridgehead atoms. The largest absolute Gasteiger partial charge is 0.336 e. The molecule has 0 amide bonds. The van der Waals surface area contributed by atoms with E-state index in [0.29, 0.717) is 6.04 Å². The Kier molecular flexibility index (Phi) is 6.66. The SMILES string of the molecule is CC.CN1CCC(N2C3=C(C=CCC=C3)Sc3ccc(C(C)(F)F)cc32)CC1. The first kappa shape index (κ1) is 21.1. The van der Waals surface area contributed by atoms with Gasteiger partial charge in [0.15, 0.2) is 0 Å². The van der Waals surface area contributed by atoms with E-state index < -0.39 is 5.92 Å². The number of alkyl halides is 2. The average Bonchev–Trinajstić information content (AvgIpc) is 2.92. The molecular weight excluding hydrogens is 374 g/mol. The van der Waals surface area contributed by atoms with Gasteiger partial charge in [-0.3, -0.25) is 0 Å². The summed E-state index contributed by atoms with van der Waals surface area (Å²) in [5.41, 5.74) is 2.18. The van der Waals surface area contributed by atoms with Crippen LogP contribution in [-0.4, -0.2) is 31.1 Å². The van der Waals surface area contributed by atoms with Gasteiger partial charge in [-0.2, -0.15) is 0 Å². The smallest absolute Gasteiger partial charge is 0.270 e. The Bertz CT molecular complexity index is 784. The minimum absolute atomic E-state index is 0.0898. The van der Waals surface area contributed by atoms with Crippen LogP contribution in [0.2, 0.25) is 0 Å². The van der Waals surface area contributed by atoms with E-state index in [0.717, 1.165) is 55.6 Å². The first-order chi connectivity index (χ1) is 13.4. The van der Waals surface area contributed by atoms with Gasteiger partial charge >= 0.3 is 0 Å². The summed E-state index contributed by atoms with van der Waals surface area (Å²) in [6, 6.07) is 5.47. The van der Waals surface area contributed by atoms with Crippen molar-refractivity contribution in [3.63, 3.8) is 0 Å². The monoisotopic (exact) mass is 404 g/mol. The van der Waals surface area contributed by atoms with Crippen molar-refractivity contribution < 1.29 is 8.78 Å². The molecule has 3 aliphatic rings. The standard InChI is InChI=1S/C21H24F2N2S.C2H6/c1-21(22,23)15-8-9-20-18(14-15)25(16-10-12-24(2)13-11-16)17-6-4-3-5-7-19(17)26-20;1-2/h4-9,14,16H,3,10-13H2,1-2H3;1-2H3. The van der Waals surface area contributed by atoms with Crippen molar-refractivity contribution in [2.24, 2.45) is 0 Å². The molecule has 0 unspecified atom stereocenters. The highest BCUT2D eigenvalue weighted by Gasteiger charge is 2.34. The lowest BCUT2D eigenvalue weighted by molar-refractivity contribution is 0.0174. The van der Waals surface area contributed by atoms with E-state index in [1.165, 1.54) is 4.91 Å². The van der Waals surface area contributed by atoms with Gasteiger partial charge < -0.3 is 9.80 Å². The van der Waals surface area contributed by atoms with Gasteiger partial charge in [-0.25, -0.2) is 8.78 Å². The van der Waals surface area contributed by atoms with Crippen LogP contribution >= 0.6 is 11.8 Å².